The molecule has 0 aliphatic carbocycles. The van der Waals surface area contributed by atoms with Gasteiger partial charge in [-0.1, -0.05) is 383 Å². The van der Waals surface area contributed by atoms with E-state index in [9.17, 15) is 43.2 Å². The molecule has 19 heteroatoms. The van der Waals surface area contributed by atoms with Crippen molar-refractivity contribution in [1.82, 2.24) is 0 Å². The van der Waals surface area contributed by atoms with Gasteiger partial charge in [0.05, 0.1) is 26.4 Å². The van der Waals surface area contributed by atoms with Crippen molar-refractivity contribution in [3.8, 4) is 0 Å². The van der Waals surface area contributed by atoms with E-state index in [1.807, 2.05) is 0 Å². The van der Waals surface area contributed by atoms with Crippen LogP contribution in [0.25, 0.3) is 0 Å². The number of aliphatic hydroxyl groups is 1. The molecule has 5 atom stereocenters. The van der Waals surface area contributed by atoms with Gasteiger partial charge in [0.1, 0.15) is 19.3 Å². The fraction of sp³-hybridized carbons (Fsp3) is 0.952. The molecule has 0 saturated heterocycles. The van der Waals surface area contributed by atoms with Gasteiger partial charge in [-0.15, -0.1) is 0 Å². The highest BCUT2D eigenvalue weighted by Gasteiger charge is 2.30. The standard InChI is InChI=1S/C84H164O17P2/c1-74(2)60-52-44-36-30-24-18-13-11-9-10-12-14-22-28-34-40-50-58-66-84(89)101-80(71-95-82(87)65-57-49-43-42-47-55-63-77(7)8)73-99-103(92,93)97-69-78(85)68-96-102(90,91)98-72-79(100-83(88)67-59-51-41-35-29-23-17-20-26-32-38-46-54-62-76(5)6)70-94-81(86)64-56-48-39-33-27-21-16-15-19-25-31-37-45-53-61-75(3)4/h74-80,85H,9-73H2,1-8H3,(H,90,91)(H,92,93)/t78?,79-,80-/m1/s1. The zero-order chi connectivity index (χ0) is 76.0. The maximum atomic E-state index is 13.1. The molecule has 0 aliphatic rings. The van der Waals surface area contributed by atoms with Gasteiger partial charge < -0.3 is 33.8 Å². The van der Waals surface area contributed by atoms with Crippen LogP contribution in [0.5, 0.6) is 0 Å². The zero-order valence-electron chi connectivity index (χ0n) is 68.0. The van der Waals surface area contributed by atoms with Crippen LogP contribution in [0.2, 0.25) is 0 Å². The highest BCUT2D eigenvalue weighted by Crippen LogP contribution is 2.45. The van der Waals surface area contributed by atoms with Crippen molar-refractivity contribution in [3.05, 3.63) is 0 Å². The first kappa shape index (κ1) is 101. The van der Waals surface area contributed by atoms with Gasteiger partial charge >= 0.3 is 39.5 Å². The summed E-state index contributed by atoms with van der Waals surface area (Å²) < 4.78 is 68.8. The minimum Gasteiger partial charge on any atom is -0.462 e. The summed E-state index contributed by atoms with van der Waals surface area (Å²) in [6.45, 7) is 14.3. The lowest BCUT2D eigenvalue weighted by Crippen LogP contribution is -2.30. The largest absolute Gasteiger partial charge is 0.472 e. The Kier molecular flexibility index (Phi) is 71.5. The summed E-state index contributed by atoms with van der Waals surface area (Å²) in [6.07, 6.45) is 61.3. The molecular weight excluding hydrogens is 1340 g/mol. The molecule has 0 amide bonds. The molecule has 0 spiro atoms. The molecule has 3 N–H and O–H groups in total. The Morgan fingerprint density at radius 3 is 0.602 bits per heavy atom. The van der Waals surface area contributed by atoms with Gasteiger partial charge in [-0.2, -0.15) is 0 Å². The van der Waals surface area contributed by atoms with Gasteiger partial charge in [-0.25, -0.2) is 9.13 Å². The first-order valence-corrected chi connectivity index (χ1v) is 46.2. The second-order valence-electron chi connectivity index (χ2n) is 32.1. The normalized spacial score (nSPS) is 14.0. The van der Waals surface area contributed by atoms with E-state index in [2.05, 4.69) is 55.4 Å². The van der Waals surface area contributed by atoms with Crippen LogP contribution in [0, 0.1) is 23.7 Å². The minimum atomic E-state index is -4.96. The molecule has 612 valence electrons. The average molecular weight is 1510 g/mol. The molecule has 0 heterocycles. The van der Waals surface area contributed by atoms with E-state index in [0.29, 0.717) is 31.6 Å². The van der Waals surface area contributed by atoms with Crippen molar-refractivity contribution < 1.29 is 80.2 Å². The lowest BCUT2D eigenvalue weighted by Gasteiger charge is -2.21. The van der Waals surface area contributed by atoms with Crippen molar-refractivity contribution in [1.29, 1.82) is 0 Å². The summed E-state index contributed by atoms with van der Waals surface area (Å²) in [6, 6.07) is 0. The smallest absolute Gasteiger partial charge is 0.462 e. The lowest BCUT2D eigenvalue weighted by atomic mass is 10.0. The predicted octanol–water partition coefficient (Wildman–Crippen LogP) is 25.2. The Hall–Kier alpha value is -1.94. The number of hydrogen-bond acceptors (Lipinski definition) is 15. The SMILES string of the molecule is CC(C)CCCCCCCCCCCCCCCCCCCCC(=O)O[C@H](COC(=O)CCCCCCCCC(C)C)COP(=O)(O)OCC(O)COP(=O)(O)OC[C@@H](COC(=O)CCCCCCCCCCCCCCCCC(C)C)OC(=O)CCCCCCCCCCCCCCCC(C)C. The molecule has 0 rings (SSSR count). The number of unbranched alkanes of at least 4 members (excludes halogenated alkanes) is 47. The number of rotatable bonds is 81. The maximum absolute atomic E-state index is 13.1. The average Bonchev–Trinajstić information content (AvgIpc) is 0.914. The first-order valence-electron chi connectivity index (χ1n) is 43.2. The number of esters is 4. The van der Waals surface area contributed by atoms with Crippen LogP contribution in [-0.2, 0) is 65.4 Å². The quantitative estimate of drug-likeness (QED) is 0.0222. The Morgan fingerprint density at radius 1 is 0.243 bits per heavy atom. The molecule has 0 aromatic heterocycles. The van der Waals surface area contributed by atoms with Gasteiger partial charge in [0, 0.05) is 25.7 Å². The molecule has 103 heavy (non-hydrogen) atoms. The van der Waals surface area contributed by atoms with E-state index in [4.69, 9.17) is 37.0 Å². The summed E-state index contributed by atoms with van der Waals surface area (Å²) in [5, 5.41) is 10.7. The Morgan fingerprint density at radius 2 is 0.408 bits per heavy atom. The van der Waals surface area contributed by atoms with Crippen molar-refractivity contribution in [2.45, 2.75) is 453 Å². The molecule has 0 bridgehead atoms. The molecule has 0 fully saturated rings. The Bertz CT molecular complexity index is 2010. The van der Waals surface area contributed by atoms with Crippen LogP contribution >= 0.6 is 15.6 Å². The zero-order valence-corrected chi connectivity index (χ0v) is 69.7. The minimum absolute atomic E-state index is 0.107. The van der Waals surface area contributed by atoms with Gasteiger partial charge in [0.25, 0.3) is 0 Å². The summed E-state index contributed by atoms with van der Waals surface area (Å²) in [4.78, 5) is 73.1. The molecule has 3 unspecified atom stereocenters. The van der Waals surface area contributed by atoms with E-state index < -0.39 is 97.5 Å². The van der Waals surface area contributed by atoms with E-state index in [-0.39, 0.29) is 25.7 Å². The second-order valence-corrected chi connectivity index (χ2v) is 35.0. The number of ether oxygens (including phenoxy) is 4. The third-order valence-electron chi connectivity index (χ3n) is 19.6. The van der Waals surface area contributed by atoms with Crippen molar-refractivity contribution in [2.75, 3.05) is 39.6 Å². The molecule has 0 radical (unpaired) electrons. The summed E-state index contributed by atoms with van der Waals surface area (Å²) in [7, 11) is -9.93. The number of hydrogen-bond donors (Lipinski definition) is 3. The molecule has 0 aromatic carbocycles. The van der Waals surface area contributed by atoms with Crippen LogP contribution in [0.15, 0.2) is 0 Å². The van der Waals surface area contributed by atoms with Crippen LogP contribution in [-0.4, -0.2) is 96.7 Å². The number of carbonyl (C=O) groups is 4. The van der Waals surface area contributed by atoms with E-state index in [0.717, 1.165) is 114 Å². The highest BCUT2D eigenvalue weighted by molar-refractivity contribution is 7.47. The van der Waals surface area contributed by atoms with Gasteiger partial charge in [-0.3, -0.25) is 37.3 Å². The summed E-state index contributed by atoms with van der Waals surface area (Å²) >= 11 is 0. The summed E-state index contributed by atoms with van der Waals surface area (Å²) in [5.74, 6) is 0.973. The Labute approximate surface area is 632 Å². The van der Waals surface area contributed by atoms with E-state index >= 15 is 0 Å². The maximum Gasteiger partial charge on any atom is 0.472 e. The van der Waals surface area contributed by atoms with E-state index in [1.165, 1.54) is 231 Å². The van der Waals surface area contributed by atoms with E-state index in [1.54, 1.807) is 0 Å². The molecule has 17 nitrogen and oxygen atoms in total. The third-order valence-corrected chi connectivity index (χ3v) is 21.5. The van der Waals surface area contributed by atoms with Gasteiger partial charge in [0.2, 0.25) is 0 Å². The number of phosphoric acid groups is 2. The number of carbonyl (C=O) groups excluding carboxylic acids is 4. The second kappa shape index (κ2) is 72.9. The monoisotopic (exact) mass is 1510 g/mol. The van der Waals surface area contributed by atoms with Crippen molar-refractivity contribution in [3.63, 3.8) is 0 Å². The fourth-order valence-corrected chi connectivity index (χ4v) is 14.5. The molecule has 0 aromatic rings. The topological polar surface area (TPSA) is 237 Å². The van der Waals surface area contributed by atoms with Gasteiger partial charge in [0.15, 0.2) is 12.2 Å². The van der Waals surface area contributed by atoms with Crippen LogP contribution in [0.3, 0.4) is 0 Å². The van der Waals surface area contributed by atoms with Crippen molar-refractivity contribution >= 4 is 39.5 Å². The predicted molar refractivity (Wildman–Crippen MR) is 423 cm³/mol. The molecular formula is C84H164O17P2. The number of aliphatic hydroxyl groups excluding tert-OH is 1. The van der Waals surface area contributed by atoms with Crippen LogP contribution in [0.1, 0.15) is 434 Å². The molecule has 0 saturated carbocycles. The number of phosphoric ester groups is 2. The molecule has 0 aliphatic heterocycles. The fourth-order valence-electron chi connectivity index (χ4n) is 13.0. The van der Waals surface area contributed by atoms with Gasteiger partial charge in [-0.05, 0) is 49.4 Å². The Balaban J connectivity index is 5.19. The third kappa shape index (κ3) is 78.0. The van der Waals surface area contributed by atoms with Crippen LogP contribution < -0.4 is 0 Å². The first-order chi connectivity index (χ1) is 49.6. The van der Waals surface area contributed by atoms with Crippen LogP contribution in [0.4, 0.5) is 0 Å². The van der Waals surface area contributed by atoms with Crippen molar-refractivity contribution in [2.24, 2.45) is 23.7 Å². The lowest BCUT2D eigenvalue weighted by molar-refractivity contribution is -0.161. The summed E-state index contributed by atoms with van der Waals surface area (Å²) in [5.41, 5.74) is 0. The highest BCUT2D eigenvalue weighted by atomic mass is 31.2.